The third kappa shape index (κ3) is 4.75. The number of nitrogens with zero attached hydrogens (tertiary/aromatic N) is 1. The average molecular weight is 754 g/mol. The highest BCUT2D eigenvalue weighted by Crippen LogP contribution is 2.58. The lowest BCUT2D eigenvalue weighted by Crippen LogP contribution is -2.28. The second-order valence-electron chi connectivity index (χ2n) is 16.1. The molecule has 0 unspecified atom stereocenters. The topological polar surface area (TPSA) is 16.4 Å². The van der Waals surface area contributed by atoms with Gasteiger partial charge in [0.05, 0.1) is 5.41 Å². The Labute approximate surface area is 344 Å². The van der Waals surface area contributed by atoms with Crippen molar-refractivity contribution < 1.29 is 4.42 Å². The molecule has 278 valence electrons. The van der Waals surface area contributed by atoms with Crippen molar-refractivity contribution in [2.45, 2.75) is 17.8 Å². The highest BCUT2D eigenvalue weighted by Gasteiger charge is 2.46. The third-order valence-corrected chi connectivity index (χ3v) is 13.2. The van der Waals surface area contributed by atoms with Gasteiger partial charge in [-0.05, 0) is 123 Å². The maximum atomic E-state index is 6.59. The van der Waals surface area contributed by atoms with E-state index < -0.39 is 5.41 Å². The number of hydrogen-bond donors (Lipinski definition) is 0. The smallest absolute Gasteiger partial charge is 0.135 e. The first-order valence-corrected chi connectivity index (χ1v) is 20.5. The van der Waals surface area contributed by atoms with E-state index in [0.29, 0.717) is 0 Å². The maximum absolute atomic E-state index is 6.59. The second-order valence-corrected chi connectivity index (χ2v) is 16.1. The van der Waals surface area contributed by atoms with Crippen LogP contribution in [0.4, 0.5) is 17.1 Å². The van der Waals surface area contributed by atoms with Crippen molar-refractivity contribution in [3.05, 3.63) is 257 Å². The predicted molar refractivity (Wildman–Crippen MR) is 243 cm³/mol. The molecule has 0 saturated carbocycles. The van der Waals surface area contributed by atoms with E-state index in [9.17, 15) is 0 Å². The van der Waals surface area contributed by atoms with E-state index in [4.69, 9.17) is 4.42 Å². The standard InChI is InChI=1S/C57H39NO/c1-56(50-26-14-11-23-44(50)45-24-12-15-27-51(45)56)40-29-33-54-48(35-40)49-36-42(31-34-55(49)59-54)58(41-21-9-4-10-22-41)43-30-32-47-46-25-13-16-28-52(46)57(53(47)37-43,38-17-5-2-6-18-38)39-19-7-3-8-20-39/h2-37H,1H3. The van der Waals surface area contributed by atoms with Gasteiger partial charge in [0.1, 0.15) is 11.2 Å². The summed E-state index contributed by atoms with van der Waals surface area (Å²) in [5, 5.41) is 2.21. The Bertz CT molecular complexity index is 3150. The molecule has 0 atom stereocenters. The fourth-order valence-corrected chi connectivity index (χ4v) is 10.6. The molecule has 0 aliphatic heterocycles. The quantitative estimate of drug-likeness (QED) is 0.168. The molecule has 0 fully saturated rings. The van der Waals surface area contributed by atoms with Crippen molar-refractivity contribution in [3.63, 3.8) is 0 Å². The van der Waals surface area contributed by atoms with E-state index in [2.05, 4.69) is 230 Å². The minimum Gasteiger partial charge on any atom is -0.456 e. The summed E-state index contributed by atoms with van der Waals surface area (Å²) >= 11 is 0. The molecule has 1 heterocycles. The number of rotatable bonds is 6. The maximum Gasteiger partial charge on any atom is 0.135 e. The van der Waals surface area contributed by atoms with Crippen molar-refractivity contribution in [3.8, 4) is 22.3 Å². The lowest BCUT2D eigenvalue weighted by Gasteiger charge is -2.35. The summed E-state index contributed by atoms with van der Waals surface area (Å²) in [7, 11) is 0. The summed E-state index contributed by atoms with van der Waals surface area (Å²) in [6.07, 6.45) is 0. The normalized spacial score (nSPS) is 14.1. The molecule has 12 rings (SSSR count). The molecule has 2 aliphatic carbocycles. The zero-order chi connectivity index (χ0) is 39.1. The summed E-state index contributed by atoms with van der Waals surface area (Å²) < 4.78 is 6.59. The Morgan fingerprint density at radius 1 is 0.339 bits per heavy atom. The van der Waals surface area contributed by atoms with Gasteiger partial charge in [0.25, 0.3) is 0 Å². The lowest BCUT2D eigenvalue weighted by atomic mass is 9.67. The number of para-hydroxylation sites is 1. The summed E-state index contributed by atoms with van der Waals surface area (Å²) in [6, 6.07) is 80.0. The molecule has 1 aromatic heterocycles. The largest absolute Gasteiger partial charge is 0.456 e. The number of furan rings is 1. The molecule has 0 amide bonds. The highest BCUT2D eigenvalue weighted by molar-refractivity contribution is 6.07. The Morgan fingerprint density at radius 2 is 0.797 bits per heavy atom. The molecule has 2 heteroatoms. The van der Waals surface area contributed by atoms with Gasteiger partial charge in [-0.15, -0.1) is 0 Å². The number of anilines is 3. The van der Waals surface area contributed by atoms with Crippen molar-refractivity contribution in [2.75, 3.05) is 4.90 Å². The molecule has 59 heavy (non-hydrogen) atoms. The van der Waals surface area contributed by atoms with Crippen LogP contribution in [-0.2, 0) is 10.8 Å². The minimum absolute atomic E-state index is 0.301. The first kappa shape index (κ1) is 33.7. The summed E-state index contributed by atoms with van der Waals surface area (Å²) in [5.74, 6) is 0. The Hall–Kier alpha value is -7.42. The molecule has 0 N–H and O–H groups in total. The second kappa shape index (κ2) is 12.8. The van der Waals surface area contributed by atoms with Crippen LogP contribution in [0, 0.1) is 0 Å². The molecule has 0 saturated heterocycles. The van der Waals surface area contributed by atoms with Gasteiger partial charge < -0.3 is 9.32 Å². The van der Waals surface area contributed by atoms with Crippen LogP contribution in [0.1, 0.15) is 45.9 Å². The molecular formula is C57H39NO. The Balaban J connectivity index is 1.06. The fourth-order valence-electron chi connectivity index (χ4n) is 10.6. The Kier molecular flexibility index (Phi) is 7.31. The summed E-state index contributed by atoms with van der Waals surface area (Å²) in [5.41, 5.74) is 18.4. The van der Waals surface area contributed by atoms with Gasteiger partial charge in [-0.3, -0.25) is 0 Å². The Morgan fingerprint density at radius 3 is 1.42 bits per heavy atom. The molecule has 9 aromatic carbocycles. The van der Waals surface area contributed by atoms with Gasteiger partial charge in [0, 0.05) is 33.2 Å². The molecular weight excluding hydrogens is 715 g/mol. The summed E-state index contributed by atoms with van der Waals surface area (Å²) in [4.78, 5) is 2.40. The number of fused-ring (bicyclic) bond motifs is 9. The third-order valence-electron chi connectivity index (χ3n) is 13.2. The summed E-state index contributed by atoms with van der Waals surface area (Å²) in [6.45, 7) is 2.38. The van der Waals surface area contributed by atoms with Crippen LogP contribution < -0.4 is 4.90 Å². The van der Waals surface area contributed by atoms with Crippen molar-refractivity contribution in [1.82, 2.24) is 0 Å². The zero-order valence-electron chi connectivity index (χ0n) is 32.6. The van der Waals surface area contributed by atoms with Gasteiger partial charge >= 0.3 is 0 Å². The SMILES string of the molecule is CC1(c2ccc3oc4ccc(N(c5ccccc5)c5ccc6c(c5)C(c5ccccc5)(c5ccccc5)c5ccccc5-6)cc4c3c2)c2ccccc2-c2ccccc21. The van der Waals surface area contributed by atoms with E-state index in [0.717, 1.165) is 39.0 Å². The van der Waals surface area contributed by atoms with Gasteiger partial charge in [-0.1, -0.05) is 164 Å². The van der Waals surface area contributed by atoms with Crippen LogP contribution in [0.2, 0.25) is 0 Å². The molecule has 0 radical (unpaired) electrons. The van der Waals surface area contributed by atoms with Crippen molar-refractivity contribution in [2.24, 2.45) is 0 Å². The van der Waals surface area contributed by atoms with E-state index in [1.54, 1.807) is 0 Å². The molecule has 0 bridgehead atoms. The van der Waals surface area contributed by atoms with Crippen LogP contribution in [0.3, 0.4) is 0 Å². The van der Waals surface area contributed by atoms with E-state index in [1.807, 2.05) is 0 Å². The van der Waals surface area contributed by atoms with Crippen molar-refractivity contribution in [1.29, 1.82) is 0 Å². The fraction of sp³-hybridized carbons (Fsp3) is 0.0526. The molecule has 2 aliphatic rings. The van der Waals surface area contributed by atoms with Crippen LogP contribution in [0.5, 0.6) is 0 Å². The van der Waals surface area contributed by atoms with Crippen LogP contribution in [-0.4, -0.2) is 0 Å². The van der Waals surface area contributed by atoms with Crippen LogP contribution >= 0.6 is 0 Å². The minimum atomic E-state index is -0.498. The molecule has 0 spiro atoms. The highest BCUT2D eigenvalue weighted by atomic mass is 16.3. The van der Waals surface area contributed by atoms with Crippen molar-refractivity contribution >= 4 is 39.0 Å². The zero-order valence-corrected chi connectivity index (χ0v) is 32.6. The molecule has 2 nitrogen and oxygen atoms in total. The van der Waals surface area contributed by atoms with E-state index >= 15 is 0 Å². The van der Waals surface area contributed by atoms with Crippen LogP contribution in [0.25, 0.3) is 44.2 Å². The van der Waals surface area contributed by atoms with E-state index in [-0.39, 0.29) is 5.41 Å². The number of benzene rings is 9. The van der Waals surface area contributed by atoms with Gasteiger partial charge in [-0.2, -0.15) is 0 Å². The first-order valence-electron chi connectivity index (χ1n) is 20.5. The first-order chi connectivity index (χ1) is 29.1. The lowest BCUT2D eigenvalue weighted by molar-refractivity contribution is 0.667. The molecule has 10 aromatic rings. The monoisotopic (exact) mass is 753 g/mol. The van der Waals surface area contributed by atoms with Gasteiger partial charge in [-0.25, -0.2) is 0 Å². The average Bonchev–Trinajstić information content (AvgIpc) is 3.91. The van der Waals surface area contributed by atoms with Gasteiger partial charge in [0.15, 0.2) is 0 Å². The predicted octanol–water partition coefficient (Wildman–Crippen LogP) is 14.8. The van der Waals surface area contributed by atoms with E-state index in [1.165, 1.54) is 61.2 Å². The van der Waals surface area contributed by atoms with Crippen LogP contribution in [0.15, 0.2) is 223 Å². The number of hydrogen-bond acceptors (Lipinski definition) is 2. The van der Waals surface area contributed by atoms with Gasteiger partial charge in [0.2, 0.25) is 0 Å².